The van der Waals surface area contributed by atoms with Crippen molar-refractivity contribution < 1.29 is 4.79 Å². The Balaban J connectivity index is 1.86. The van der Waals surface area contributed by atoms with E-state index in [9.17, 15) is 4.79 Å². The van der Waals surface area contributed by atoms with Crippen molar-refractivity contribution in [3.8, 4) is 0 Å². The van der Waals surface area contributed by atoms with Gasteiger partial charge in [0.15, 0.2) is 0 Å². The quantitative estimate of drug-likeness (QED) is 0.821. The fourth-order valence-electron chi connectivity index (χ4n) is 2.27. The molecule has 0 unspecified atom stereocenters. The first-order valence-electron chi connectivity index (χ1n) is 5.91. The molecule has 0 bridgehead atoms. The van der Waals surface area contributed by atoms with Crippen LogP contribution in [0.4, 0.5) is 0 Å². The number of rotatable bonds is 1. The topological polar surface area (TPSA) is 49.0 Å². The van der Waals surface area contributed by atoms with Gasteiger partial charge in [0.2, 0.25) is 0 Å². The summed E-state index contributed by atoms with van der Waals surface area (Å²) in [6.45, 7) is 1.34. The zero-order valence-corrected chi connectivity index (χ0v) is 13.2. The third-order valence-corrected chi connectivity index (χ3v) is 5.26. The maximum Gasteiger partial charge on any atom is 0.255 e. The Morgan fingerprint density at radius 2 is 2.26 bits per heavy atom. The highest BCUT2D eigenvalue weighted by Gasteiger charge is 2.25. The van der Waals surface area contributed by atoms with Crippen LogP contribution in [0.1, 0.15) is 21.6 Å². The fraction of sp³-hybridized carbons (Fsp3) is 0.231. The van der Waals surface area contributed by atoms with Crippen LogP contribution in [0.5, 0.6) is 0 Å². The molecule has 0 saturated heterocycles. The standard InChI is InChI=1S/C13H11Br2N3O/c14-11-9-7-18(5-3-10(9)17-12(11)15)13(19)8-2-1-4-16-6-8/h1-2,4,6,17H,3,5,7H2. The number of nitrogens with zero attached hydrogens (tertiary/aromatic N) is 2. The number of aromatic amines is 1. The van der Waals surface area contributed by atoms with E-state index in [4.69, 9.17) is 0 Å². The monoisotopic (exact) mass is 383 g/mol. The number of aromatic nitrogens is 2. The number of carbonyl (C=O) groups is 1. The Kier molecular flexibility index (Phi) is 3.45. The number of hydrogen-bond donors (Lipinski definition) is 1. The number of carbonyl (C=O) groups excluding carboxylic acids is 1. The Hall–Kier alpha value is -1.14. The Morgan fingerprint density at radius 3 is 3.00 bits per heavy atom. The van der Waals surface area contributed by atoms with Crippen LogP contribution in [0.3, 0.4) is 0 Å². The molecule has 3 heterocycles. The first-order valence-corrected chi connectivity index (χ1v) is 7.49. The van der Waals surface area contributed by atoms with Crippen LogP contribution in [0, 0.1) is 0 Å². The Morgan fingerprint density at radius 1 is 1.42 bits per heavy atom. The lowest BCUT2D eigenvalue weighted by atomic mass is 10.1. The molecule has 0 atom stereocenters. The van der Waals surface area contributed by atoms with Crippen molar-refractivity contribution in [3.63, 3.8) is 0 Å². The van der Waals surface area contributed by atoms with Gasteiger partial charge in [0.1, 0.15) is 0 Å². The number of nitrogens with one attached hydrogen (secondary N) is 1. The summed E-state index contributed by atoms with van der Waals surface area (Å²) >= 11 is 7.00. The summed E-state index contributed by atoms with van der Waals surface area (Å²) in [6.07, 6.45) is 4.12. The van der Waals surface area contributed by atoms with E-state index >= 15 is 0 Å². The molecule has 4 nitrogen and oxygen atoms in total. The summed E-state index contributed by atoms with van der Waals surface area (Å²) in [5, 5.41) is 0. The van der Waals surface area contributed by atoms with Gasteiger partial charge in [0.05, 0.1) is 14.6 Å². The molecule has 19 heavy (non-hydrogen) atoms. The summed E-state index contributed by atoms with van der Waals surface area (Å²) < 4.78 is 1.94. The summed E-state index contributed by atoms with van der Waals surface area (Å²) in [6, 6.07) is 3.58. The third kappa shape index (κ3) is 2.34. The molecule has 0 aliphatic carbocycles. The SMILES string of the molecule is O=C(c1cccnc1)N1CCc2[nH]c(Br)c(Br)c2C1. The molecule has 0 spiro atoms. The summed E-state index contributed by atoms with van der Waals surface area (Å²) in [7, 11) is 0. The van der Waals surface area contributed by atoms with Gasteiger partial charge in [-0.2, -0.15) is 0 Å². The maximum absolute atomic E-state index is 12.4. The average molecular weight is 385 g/mol. The van der Waals surface area contributed by atoms with Crippen molar-refractivity contribution in [2.45, 2.75) is 13.0 Å². The highest BCUT2D eigenvalue weighted by atomic mass is 79.9. The van der Waals surface area contributed by atoms with Crippen molar-refractivity contribution in [2.24, 2.45) is 0 Å². The molecule has 3 rings (SSSR count). The normalized spacial score (nSPS) is 14.3. The highest BCUT2D eigenvalue weighted by Crippen LogP contribution is 2.33. The second kappa shape index (κ2) is 5.09. The van der Waals surface area contributed by atoms with Crippen LogP contribution in [0.25, 0.3) is 0 Å². The lowest BCUT2D eigenvalue weighted by Crippen LogP contribution is -2.35. The van der Waals surface area contributed by atoms with E-state index in [0.29, 0.717) is 12.1 Å². The molecule has 98 valence electrons. The van der Waals surface area contributed by atoms with E-state index in [1.165, 1.54) is 5.69 Å². The first kappa shape index (κ1) is 12.9. The molecule has 2 aromatic rings. The predicted octanol–water partition coefficient (Wildman–Crippen LogP) is 3.13. The lowest BCUT2D eigenvalue weighted by molar-refractivity contribution is 0.0733. The maximum atomic E-state index is 12.4. The van der Waals surface area contributed by atoms with Crippen LogP contribution in [0.2, 0.25) is 0 Å². The highest BCUT2D eigenvalue weighted by molar-refractivity contribution is 9.13. The van der Waals surface area contributed by atoms with Crippen LogP contribution < -0.4 is 0 Å². The van der Waals surface area contributed by atoms with Gasteiger partial charge >= 0.3 is 0 Å². The van der Waals surface area contributed by atoms with Gasteiger partial charge in [-0.25, -0.2) is 0 Å². The second-order valence-corrected chi connectivity index (χ2v) is 6.01. The van der Waals surface area contributed by atoms with Gasteiger partial charge in [-0.1, -0.05) is 0 Å². The number of fused-ring (bicyclic) bond motifs is 1. The van der Waals surface area contributed by atoms with Crippen molar-refractivity contribution >= 4 is 37.8 Å². The largest absolute Gasteiger partial charge is 0.352 e. The van der Waals surface area contributed by atoms with Gasteiger partial charge in [0.25, 0.3) is 5.91 Å². The van der Waals surface area contributed by atoms with Gasteiger partial charge in [0, 0.05) is 43.2 Å². The number of hydrogen-bond acceptors (Lipinski definition) is 2. The molecule has 1 aliphatic heterocycles. The van der Waals surface area contributed by atoms with E-state index in [1.807, 2.05) is 4.90 Å². The number of H-pyrrole nitrogens is 1. The number of amides is 1. The molecular formula is C13H11Br2N3O. The zero-order valence-electron chi connectivity index (χ0n) is 9.99. The van der Waals surface area contributed by atoms with Gasteiger partial charge < -0.3 is 9.88 Å². The van der Waals surface area contributed by atoms with E-state index < -0.39 is 0 Å². The van der Waals surface area contributed by atoms with Crippen molar-refractivity contribution in [2.75, 3.05) is 6.54 Å². The minimum Gasteiger partial charge on any atom is -0.352 e. The van der Waals surface area contributed by atoms with E-state index in [2.05, 4.69) is 41.8 Å². The number of pyridine rings is 1. The minimum atomic E-state index is 0.0305. The molecular weight excluding hydrogens is 374 g/mol. The summed E-state index contributed by atoms with van der Waals surface area (Å²) in [4.78, 5) is 21.5. The minimum absolute atomic E-state index is 0.0305. The first-order chi connectivity index (χ1) is 9.16. The van der Waals surface area contributed by atoms with E-state index in [1.54, 1.807) is 24.5 Å². The third-order valence-electron chi connectivity index (χ3n) is 3.26. The zero-order chi connectivity index (χ0) is 13.4. The lowest BCUT2D eigenvalue weighted by Gasteiger charge is -2.27. The average Bonchev–Trinajstić information content (AvgIpc) is 2.74. The van der Waals surface area contributed by atoms with Gasteiger partial charge in [-0.05, 0) is 44.0 Å². The van der Waals surface area contributed by atoms with Crippen molar-refractivity contribution in [1.29, 1.82) is 0 Å². The van der Waals surface area contributed by atoms with E-state index in [0.717, 1.165) is 27.6 Å². The molecule has 2 aromatic heterocycles. The molecule has 0 saturated carbocycles. The molecule has 0 aromatic carbocycles. The molecule has 1 N–H and O–H groups in total. The predicted molar refractivity (Wildman–Crippen MR) is 78.9 cm³/mol. The molecule has 1 aliphatic rings. The van der Waals surface area contributed by atoms with E-state index in [-0.39, 0.29) is 5.91 Å². The number of halogens is 2. The summed E-state index contributed by atoms with van der Waals surface area (Å²) in [5.41, 5.74) is 2.97. The van der Waals surface area contributed by atoms with Crippen molar-refractivity contribution in [1.82, 2.24) is 14.9 Å². The van der Waals surface area contributed by atoms with Crippen molar-refractivity contribution in [3.05, 3.63) is 50.4 Å². The fourth-order valence-corrected chi connectivity index (χ4v) is 3.21. The Bertz CT molecular complexity index is 624. The van der Waals surface area contributed by atoms with Crippen LogP contribution in [0.15, 0.2) is 33.6 Å². The molecule has 0 radical (unpaired) electrons. The second-order valence-electron chi connectivity index (χ2n) is 4.43. The molecule has 1 amide bonds. The van der Waals surface area contributed by atoms with Crippen LogP contribution >= 0.6 is 31.9 Å². The summed E-state index contributed by atoms with van der Waals surface area (Å²) in [5.74, 6) is 0.0305. The molecule has 0 fully saturated rings. The smallest absolute Gasteiger partial charge is 0.255 e. The molecule has 6 heteroatoms. The van der Waals surface area contributed by atoms with Crippen LogP contribution in [-0.4, -0.2) is 27.3 Å². The van der Waals surface area contributed by atoms with Gasteiger partial charge in [-0.15, -0.1) is 0 Å². The van der Waals surface area contributed by atoms with Crippen LogP contribution in [-0.2, 0) is 13.0 Å². The Labute approximate surface area is 127 Å². The van der Waals surface area contributed by atoms with Gasteiger partial charge in [-0.3, -0.25) is 9.78 Å².